The van der Waals surface area contributed by atoms with Crippen molar-refractivity contribution in [2.24, 2.45) is 5.92 Å². The minimum atomic E-state index is -1.04. The molecule has 0 aliphatic carbocycles. The van der Waals surface area contributed by atoms with E-state index in [2.05, 4.69) is 26.6 Å². The van der Waals surface area contributed by atoms with E-state index in [-0.39, 0.29) is 6.42 Å². The van der Waals surface area contributed by atoms with Crippen LogP contribution in [0.5, 0.6) is 0 Å². The smallest absolute Gasteiger partial charge is 0.292 e. The Kier molecular flexibility index (Phi) is 4.25. The second kappa shape index (κ2) is 6.34. The van der Waals surface area contributed by atoms with Crippen molar-refractivity contribution in [2.75, 3.05) is 10.6 Å². The Morgan fingerprint density at radius 1 is 1.09 bits per heavy atom. The molecule has 0 radical (unpaired) electrons. The summed E-state index contributed by atoms with van der Waals surface area (Å²) < 4.78 is 0.884. The van der Waals surface area contributed by atoms with Crippen molar-refractivity contribution in [3.8, 4) is 0 Å². The summed E-state index contributed by atoms with van der Waals surface area (Å²) in [5.74, 6) is -3.01. The van der Waals surface area contributed by atoms with Crippen molar-refractivity contribution in [1.29, 1.82) is 0 Å². The molecule has 0 saturated carbocycles. The predicted molar refractivity (Wildman–Crippen MR) is 90.0 cm³/mol. The van der Waals surface area contributed by atoms with Crippen LogP contribution in [0.1, 0.15) is 5.56 Å². The Morgan fingerprint density at radius 3 is 2.52 bits per heavy atom. The van der Waals surface area contributed by atoms with Crippen LogP contribution in [0.25, 0.3) is 0 Å². The summed E-state index contributed by atoms with van der Waals surface area (Å²) in [5.41, 5.74) is 1.91. The van der Waals surface area contributed by atoms with E-state index < -0.39 is 23.5 Å². The molecule has 0 saturated heterocycles. The number of rotatable bonds is 2. The van der Waals surface area contributed by atoms with Gasteiger partial charge >= 0.3 is 0 Å². The predicted octanol–water partition coefficient (Wildman–Crippen LogP) is 2.77. The lowest BCUT2D eigenvalue weighted by atomic mass is 9.94. The average molecular weight is 373 g/mol. The Hall–Kier alpha value is -2.47. The first-order valence-corrected chi connectivity index (χ1v) is 7.83. The summed E-state index contributed by atoms with van der Waals surface area (Å²) in [4.78, 5) is 36.6. The Morgan fingerprint density at radius 2 is 1.78 bits per heavy atom. The largest absolute Gasteiger partial charge is 0.325 e. The standard InChI is InChI=1S/C17H13BrN2O3/c18-11-5-7-12(8-6-11)19-16(22)13-9-10-3-1-2-4-14(10)20-17(23)15(13)21/h1-8,13H,9H2,(H,19,22)(H,20,23). The van der Waals surface area contributed by atoms with E-state index in [0.717, 1.165) is 10.0 Å². The quantitative estimate of drug-likeness (QED) is 0.628. The number of hydrogen-bond acceptors (Lipinski definition) is 3. The van der Waals surface area contributed by atoms with Gasteiger partial charge in [-0.2, -0.15) is 0 Å². The van der Waals surface area contributed by atoms with Gasteiger partial charge in [-0.05, 0) is 42.3 Å². The maximum atomic E-state index is 12.4. The van der Waals surface area contributed by atoms with Gasteiger partial charge in [-0.3, -0.25) is 14.4 Å². The van der Waals surface area contributed by atoms with Gasteiger partial charge in [0.2, 0.25) is 11.7 Å². The van der Waals surface area contributed by atoms with Gasteiger partial charge in [-0.15, -0.1) is 0 Å². The Bertz CT molecular complexity index is 787. The fourth-order valence-corrected chi connectivity index (χ4v) is 2.71. The molecular formula is C17H13BrN2O3. The fourth-order valence-electron chi connectivity index (χ4n) is 2.45. The number of benzene rings is 2. The number of nitrogens with one attached hydrogen (secondary N) is 2. The van der Waals surface area contributed by atoms with E-state index in [1.54, 1.807) is 42.5 Å². The molecule has 6 heteroatoms. The first-order valence-electron chi connectivity index (χ1n) is 7.04. The number of carbonyl (C=O) groups is 3. The number of ketones is 1. The summed E-state index contributed by atoms with van der Waals surface area (Å²) in [6, 6.07) is 14.1. The van der Waals surface area contributed by atoms with E-state index >= 15 is 0 Å². The second-order valence-electron chi connectivity index (χ2n) is 5.23. The molecule has 2 amide bonds. The molecule has 2 N–H and O–H groups in total. The third-order valence-corrected chi connectivity index (χ3v) is 4.19. The molecule has 1 aliphatic rings. The number of Topliss-reactive ketones (excluding diaryl/α,β-unsaturated/α-hetero) is 1. The number of carbonyl (C=O) groups excluding carboxylic acids is 3. The lowest BCUT2D eigenvalue weighted by Crippen LogP contribution is -2.36. The van der Waals surface area contributed by atoms with Crippen molar-refractivity contribution < 1.29 is 14.4 Å². The summed E-state index contributed by atoms with van der Waals surface area (Å²) in [6.07, 6.45) is 0.191. The van der Waals surface area contributed by atoms with Crippen molar-refractivity contribution in [3.63, 3.8) is 0 Å². The molecule has 23 heavy (non-hydrogen) atoms. The molecule has 1 atom stereocenters. The van der Waals surface area contributed by atoms with Gasteiger partial charge in [0.15, 0.2) is 0 Å². The van der Waals surface area contributed by atoms with Crippen LogP contribution in [-0.2, 0) is 20.8 Å². The van der Waals surface area contributed by atoms with Crippen LogP contribution in [0, 0.1) is 5.92 Å². The summed E-state index contributed by atoms with van der Waals surface area (Å²) >= 11 is 3.31. The zero-order chi connectivity index (χ0) is 16.4. The van der Waals surface area contributed by atoms with E-state index in [1.165, 1.54) is 0 Å². The fraction of sp³-hybridized carbons (Fsp3) is 0.118. The molecule has 1 aliphatic heterocycles. The van der Waals surface area contributed by atoms with Gasteiger partial charge in [-0.25, -0.2) is 0 Å². The van der Waals surface area contributed by atoms with Gasteiger partial charge in [-0.1, -0.05) is 34.1 Å². The van der Waals surface area contributed by atoms with Crippen LogP contribution in [0.2, 0.25) is 0 Å². The normalized spacial score (nSPS) is 17.0. The van der Waals surface area contributed by atoms with Gasteiger partial charge in [0, 0.05) is 15.8 Å². The lowest BCUT2D eigenvalue weighted by Gasteiger charge is -2.13. The number of anilines is 2. The van der Waals surface area contributed by atoms with Gasteiger partial charge < -0.3 is 10.6 Å². The van der Waals surface area contributed by atoms with Crippen LogP contribution >= 0.6 is 15.9 Å². The third-order valence-electron chi connectivity index (χ3n) is 3.66. The van der Waals surface area contributed by atoms with Gasteiger partial charge in [0.05, 0.1) is 0 Å². The van der Waals surface area contributed by atoms with Crippen LogP contribution in [0.15, 0.2) is 53.0 Å². The number of hydrogen-bond donors (Lipinski definition) is 2. The first-order chi connectivity index (χ1) is 11.0. The highest BCUT2D eigenvalue weighted by Crippen LogP contribution is 2.24. The van der Waals surface area contributed by atoms with Crippen LogP contribution in [0.3, 0.4) is 0 Å². The number of amides is 2. The molecule has 1 unspecified atom stereocenters. The van der Waals surface area contributed by atoms with E-state index in [1.807, 2.05) is 6.07 Å². The minimum absolute atomic E-state index is 0.191. The zero-order valence-corrected chi connectivity index (χ0v) is 13.6. The Labute approximate surface area is 141 Å². The second-order valence-corrected chi connectivity index (χ2v) is 6.14. The van der Waals surface area contributed by atoms with Crippen molar-refractivity contribution in [3.05, 3.63) is 58.6 Å². The van der Waals surface area contributed by atoms with Crippen molar-refractivity contribution in [1.82, 2.24) is 0 Å². The van der Waals surface area contributed by atoms with Gasteiger partial charge in [0.25, 0.3) is 5.91 Å². The molecule has 2 aromatic carbocycles. The third kappa shape index (κ3) is 3.32. The Balaban J connectivity index is 1.85. The topological polar surface area (TPSA) is 75.3 Å². The highest BCUT2D eigenvalue weighted by molar-refractivity contribution is 9.10. The molecule has 1 heterocycles. The maximum Gasteiger partial charge on any atom is 0.292 e. The van der Waals surface area contributed by atoms with Crippen LogP contribution < -0.4 is 10.6 Å². The molecule has 5 nitrogen and oxygen atoms in total. The maximum absolute atomic E-state index is 12.4. The molecule has 2 aromatic rings. The summed E-state index contributed by atoms with van der Waals surface area (Å²) in [5, 5.41) is 5.24. The minimum Gasteiger partial charge on any atom is -0.325 e. The molecule has 0 fully saturated rings. The van der Waals surface area contributed by atoms with E-state index in [4.69, 9.17) is 0 Å². The molecule has 3 rings (SSSR count). The average Bonchev–Trinajstić information content (AvgIpc) is 2.67. The summed E-state index contributed by atoms with van der Waals surface area (Å²) in [7, 11) is 0. The van der Waals surface area contributed by atoms with Crippen LogP contribution in [-0.4, -0.2) is 17.6 Å². The summed E-state index contributed by atoms with van der Waals surface area (Å²) in [6.45, 7) is 0. The molecule has 0 aromatic heterocycles. The number of para-hydroxylation sites is 1. The number of halogens is 1. The van der Waals surface area contributed by atoms with Crippen molar-refractivity contribution in [2.45, 2.75) is 6.42 Å². The molecular weight excluding hydrogens is 360 g/mol. The van der Waals surface area contributed by atoms with Gasteiger partial charge in [0.1, 0.15) is 5.92 Å². The molecule has 0 spiro atoms. The highest BCUT2D eigenvalue weighted by Gasteiger charge is 2.35. The lowest BCUT2D eigenvalue weighted by molar-refractivity contribution is -0.140. The van der Waals surface area contributed by atoms with E-state index in [9.17, 15) is 14.4 Å². The zero-order valence-electron chi connectivity index (χ0n) is 12.0. The molecule has 116 valence electrons. The number of fused-ring (bicyclic) bond motifs is 1. The SMILES string of the molecule is O=C1Nc2ccccc2CC(C(=O)Nc2ccc(Br)cc2)C1=O. The van der Waals surface area contributed by atoms with Crippen molar-refractivity contribution >= 4 is 44.9 Å². The monoisotopic (exact) mass is 372 g/mol. The van der Waals surface area contributed by atoms with E-state index in [0.29, 0.717) is 11.4 Å². The highest BCUT2D eigenvalue weighted by atomic mass is 79.9. The van der Waals surface area contributed by atoms with Crippen LogP contribution in [0.4, 0.5) is 11.4 Å². The molecule has 0 bridgehead atoms. The first kappa shape index (κ1) is 15.4.